The third kappa shape index (κ3) is 4.81. The zero-order chi connectivity index (χ0) is 12.5. The van der Waals surface area contributed by atoms with E-state index in [1.54, 1.807) is 12.4 Å². The number of aliphatic hydroxyl groups excluding tert-OH is 1. The predicted octanol–water partition coefficient (Wildman–Crippen LogP) is 1.05. The van der Waals surface area contributed by atoms with Crippen LogP contribution in [0.15, 0.2) is 24.5 Å². The first-order valence-electron chi connectivity index (χ1n) is 6.28. The second-order valence-corrected chi connectivity index (χ2v) is 4.00. The summed E-state index contributed by atoms with van der Waals surface area (Å²) in [5.41, 5.74) is 1.04. The van der Waals surface area contributed by atoms with Crippen LogP contribution in [0.5, 0.6) is 0 Å². The molecule has 0 saturated heterocycles. The molecule has 1 rings (SSSR count). The van der Waals surface area contributed by atoms with Crippen molar-refractivity contribution in [3.05, 3.63) is 30.1 Å². The van der Waals surface area contributed by atoms with E-state index in [-0.39, 0.29) is 12.6 Å². The Morgan fingerprint density at radius 1 is 1.41 bits per heavy atom. The van der Waals surface area contributed by atoms with Gasteiger partial charge in [0.2, 0.25) is 0 Å². The molecule has 96 valence electrons. The molecule has 1 aromatic heterocycles. The first kappa shape index (κ1) is 14.1. The SMILES string of the molecule is CCN(CC)CCNC(CO)c1cccnc1. The highest BCUT2D eigenvalue weighted by Gasteiger charge is 2.09. The summed E-state index contributed by atoms with van der Waals surface area (Å²) in [5, 5.41) is 12.7. The lowest BCUT2D eigenvalue weighted by molar-refractivity contribution is 0.233. The van der Waals surface area contributed by atoms with Gasteiger partial charge in [-0.05, 0) is 24.7 Å². The van der Waals surface area contributed by atoms with Gasteiger partial charge in [-0.25, -0.2) is 0 Å². The van der Waals surface area contributed by atoms with Crippen molar-refractivity contribution in [1.82, 2.24) is 15.2 Å². The monoisotopic (exact) mass is 237 g/mol. The number of hydrogen-bond donors (Lipinski definition) is 2. The van der Waals surface area contributed by atoms with Gasteiger partial charge in [0.1, 0.15) is 0 Å². The molecule has 0 aliphatic heterocycles. The minimum atomic E-state index is -0.0146. The quantitative estimate of drug-likeness (QED) is 0.709. The second kappa shape index (κ2) is 8.17. The number of pyridine rings is 1. The Kier molecular flexibility index (Phi) is 6.77. The van der Waals surface area contributed by atoms with Crippen LogP contribution in [0, 0.1) is 0 Å². The highest BCUT2D eigenvalue weighted by atomic mass is 16.3. The molecule has 1 atom stereocenters. The zero-order valence-corrected chi connectivity index (χ0v) is 10.8. The van der Waals surface area contributed by atoms with Crippen molar-refractivity contribution in [2.24, 2.45) is 0 Å². The second-order valence-electron chi connectivity index (χ2n) is 4.00. The van der Waals surface area contributed by atoms with Gasteiger partial charge in [0, 0.05) is 25.5 Å². The average molecular weight is 237 g/mol. The molecular weight excluding hydrogens is 214 g/mol. The summed E-state index contributed by atoms with van der Waals surface area (Å²) in [6, 6.07) is 3.86. The fourth-order valence-electron chi connectivity index (χ4n) is 1.81. The molecule has 4 heteroatoms. The molecule has 0 bridgehead atoms. The van der Waals surface area contributed by atoms with Crippen molar-refractivity contribution in [3.63, 3.8) is 0 Å². The normalized spacial score (nSPS) is 12.9. The summed E-state index contributed by atoms with van der Waals surface area (Å²) in [6.07, 6.45) is 3.54. The van der Waals surface area contributed by atoms with Crippen molar-refractivity contribution in [2.45, 2.75) is 19.9 Å². The number of aliphatic hydroxyl groups is 1. The maximum absolute atomic E-state index is 9.36. The van der Waals surface area contributed by atoms with Crippen LogP contribution in [0.25, 0.3) is 0 Å². The lowest BCUT2D eigenvalue weighted by Crippen LogP contribution is -2.34. The highest BCUT2D eigenvalue weighted by molar-refractivity contribution is 5.13. The van der Waals surface area contributed by atoms with Crippen LogP contribution in [-0.2, 0) is 0 Å². The molecule has 17 heavy (non-hydrogen) atoms. The topological polar surface area (TPSA) is 48.4 Å². The van der Waals surface area contributed by atoms with Crippen LogP contribution < -0.4 is 5.32 Å². The van der Waals surface area contributed by atoms with Crippen molar-refractivity contribution in [1.29, 1.82) is 0 Å². The van der Waals surface area contributed by atoms with Crippen LogP contribution in [0.1, 0.15) is 25.5 Å². The number of nitrogens with zero attached hydrogens (tertiary/aromatic N) is 2. The van der Waals surface area contributed by atoms with Crippen molar-refractivity contribution >= 4 is 0 Å². The smallest absolute Gasteiger partial charge is 0.0627 e. The summed E-state index contributed by atoms with van der Waals surface area (Å²) in [4.78, 5) is 6.42. The van der Waals surface area contributed by atoms with Crippen LogP contribution in [0.3, 0.4) is 0 Å². The summed E-state index contributed by atoms with van der Waals surface area (Å²) < 4.78 is 0. The van der Waals surface area contributed by atoms with E-state index in [0.29, 0.717) is 0 Å². The Morgan fingerprint density at radius 3 is 2.71 bits per heavy atom. The molecule has 1 aromatic rings. The summed E-state index contributed by atoms with van der Waals surface area (Å²) in [5.74, 6) is 0. The summed E-state index contributed by atoms with van der Waals surface area (Å²) in [7, 11) is 0. The first-order valence-corrected chi connectivity index (χ1v) is 6.28. The first-order chi connectivity index (χ1) is 8.31. The minimum Gasteiger partial charge on any atom is -0.394 e. The molecule has 0 radical (unpaired) electrons. The molecule has 0 spiro atoms. The predicted molar refractivity (Wildman–Crippen MR) is 69.9 cm³/mol. The van der Waals surface area contributed by atoms with Gasteiger partial charge in [0.15, 0.2) is 0 Å². The molecule has 0 fully saturated rings. The maximum Gasteiger partial charge on any atom is 0.0627 e. The Morgan fingerprint density at radius 2 is 2.18 bits per heavy atom. The number of nitrogens with one attached hydrogen (secondary N) is 1. The molecule has 0 aliphatic carbocycles. The van der Waals surface area contributed by atoms with E-state index in [0.717, 1.165) is 31.7 Å². The number of rotatable bonds is 8. The molecule has 0 amide bonds. The third-order valence-corrected chi connectivity index (χ3v) is 2.98. The van der Waals surface area contributed by atoms with Crippen LogP contribution >= 0.6 is 0 Å². The van der Waals surface area contributed by atoms with Crippen molar-refractivity contribution in [3.8, 4) is 0 Å². The van der Waals surface area contributed by atoms with Gasteiger partial charge in [-0.3, -0.25) is 4.98 Å². The molecule has 0 saturated carbocycles. The summed E-state index contributed by atoms with van der Waals surface area (Å²) in [6.45, 7) is 8.43. The number of likely N-dealkylation sites (N-methyl/N-ethyl adjacent to an activating group) is 1. The van der Waals surface area contributed by atoms with E-state index in [2.05, 4.69) is 29.0 Å². The van der Waals surface area contributed by atoms with Crippen molar-refractivity contribution < 1.29 is 5.11 Å². The number of aromatic nitrogens is 1. The molecule has 1 heterocycles. The van der Waals surface area contributed by atoms with E-state index >= 15 is 0 Å². The van der Waals surface area contributed by atoms with Gasteiger partial charge in [0.05, 0.1) is 12.6 Å². The highest BCUT2D eigenvalue weighted by Crippen LogP contribution is 2.09. The van der Waals surface area contributed by atoms with Gasteiger partial charge in [-0.1, -0.05) is 19.9 Å². The van der Waals surface area contributed by atoms with Gasteiger partial charge in [-0.15, -0.1) is 0 Å². The molecular formula is C13H23N3O. The van der Waals surface area contributed by atoms with E-state index < -0.39 is 0 Å². The van der Waals surface area contributed by atoms with Crippen LogP contribution in [0.2, 0.25) is 0 Å². The molecule has 4 nitrogen and oxygen atoms in total. The lowest BCUT2D eigenvalue weighted by Gasteiger charge is -2.21. The molecule has 0 aromatic carbocycles. The fraction of sp³-hybridized carbons (Fsp3) is 0.615. The zero-order valence-electron chi connectivity index (χ0n) is 10.8. The average Bonchev–Trinajstić information content (AvgIpc) is 2.40. The molecule has 2 N–H and O–H groups in total. The van der Waals surface area contributed by atoms with Crippen LogP contribution in [-0.4, -0.2) is 47.8 Å². The van der Waals surface area contributed by atoms with Crippen molar-refractivity contribution in [2.75, 3.05) is 32.8 Å². The summed E-state index contributed by atoms with van der Waals surface area (Å²) >= 11 is 0. The Labute approximate surface area is 104 Å². The molecule has 0 aliphatic rings. The van der Waals surface area contributed by atoms with Crippen LogP contribution in [0.4, 0.5) is 0 Å². The van der Waals surface area contributed by atoms with E-state index in [4.69, 9.17) is 0 Å². The number of hydrogen-bond acceptors (Lipinski definition) is 4. The lowest BCUT2D eigenvalue weighted by atomic mass is 10.1. The Balaban J connectivity index is 2.38. The Bertz CT molecular complexity index is 288. The van der Waals surface area contributed by atoms with Gasteiger partial charge in [0.25, 0.3) is 0 Å². The fourth-order valence-corrected chi connectivity index (χ4v) is 1.81. The Hall–Kier alpha value is -0.970. The van der Waals surface area contributed by atoms with Gasteiger partial charge < -0.3 is 15.3 Å². The van der Waals surface area contributed by atoms with E-state index in [1.165, 1.54) is 0 Å². The van der Waals surface area contributed by atoms with Gasteiger partial charge in [-0.2, -0.15) is 0 Å². The minimum absolute atomic E-state index is 0.0146. The van der Waals surface area contributed by atoms with Gasteiger partial charge >= 0.3 is 0 Å². The maximum atomic E-state index is 9.36. The van der Waals surface area contributed by atoms with E-state index in [1.807, 2.05) is 12.1 Å². The van der Waals surface area contributed by atoms with E-state index in [9.17, 15) is 5.11 Å². The molecule has 1 unspecified atom stereocenters. The largest absolute Gasteiger partial charge is 0.394 e. The third-order valence-electron chi connectivity index (χ3n) is 2.98. The standard InChI is InChI=1S/C13H23N3O/c1-3-16(4-2)9-8-15-13(11-17)12-6-5-7-14-10-12/h5-7,10,13,15,17H,3-4,8-9,11H2,1-2H3.